The fourth-order valence-corrected chi connectivity index (χ4v) is 2.40. The van der Waals surface area contributed by atoms with E-state index in [1.54, 1.807) is 7.11 Å². The molecule has 0 saturated carbocycles. The first kappa shape index (κ1) is 17.4. The average molecular weight is 258 g/mol. The molecule has 0 aromatic heterocycles. The molecule has 1 N–H and O–H groups in total. The molecule has 0 aromatic carbocycles. The van der Waals surface area contributed by atoms with E-state index in [1.165, 1.54) is 0 Å². The number of hydrogen-bond acceptors (Lipinski definition) is 3. The number of hydrogen-bond donors (Lipinski definition) is 1. The van der Waals surface area contributed by atoms with Crippen molar-refractivity contribution < 1.29 is 9.53 Å². The molecule has 0 fully saturated rings. The van der Waals surface area contributed by atoms with E-state index < -0.39 is 0 Å². The van der Waals surface area contributed by atoms with Crippen LogP contribution in [0.15, 0.2) is 0 Å². The third kappa shape index (κ3) is 6.97. The Morgan fingerprint density at radius 3 is 2.33 bits per heavy atom. The summed E-state index contributed by atoms with van der Waals surface area (Å²) in [6, 6.07) is 0.470. The smallest absolute Gasteiger partial charge is 0.222 e. The molecular formula is C14H30N2O2. The van der Waals surface area contributed by atoms with Gasteiger partial charge >= 0.3 is 0 Å². The lowest BCUT2D eigenvalue weighted by Crippen LogP contribution is -2.48. The molecule has 4 heteroatoms. The van der Waals surface area contributed by atoms with Crippen molar-refractivity contribution in [2.45, 2.75) is 59.0 Å². The predicted octanol–water partition coefficient (Wildman–Crippen LogP) is 2.04. The Labute approximate surface area is 112 Å². The van der Waals surface area contributed by atoms with Gasteiger partial charge in [-0.25, -0.2) is 0 Å². The van der Waals surface area contributed by atoms with Gasteiger partial charge in [0.2, 0.25) is 5.91 Å². The molecule has 0 bridgehead atoms. The van der Waals surface area contributed by atoms with Crippen LogP contribution >= 0.6 is 0 Å². The fraction of sp³-hybridized carbons (Fsp3) is 0.929. The zero-order valence-electron chi connectivity index (χ0n) is 12.9. The number of rotatable bonds is 9. The van der Waals surface area contributed by atoms with Crippen LogP contribution in [-0.2, 0) is 9.53 Å². The Balaban J connectivity index is 4.24. The molecule has 18 heavy (non-hydrogen) atoms. The molecule has 0 aliphatic heterocycles. The number of carbonyl (C=O) groups is 1. The topological polar surface area (TPSA) is 41.6 Å². The van der Waals surface area contributed by atoms with Crippen molar-refractivity contribution in [1.29, 1.82) is 0 Å². The van der Waals surface area contributed by atoms with Crippen molar-refractivity contribution in [2.75, 3.05) is 26.8 Å². The van der Waals surface area contributed by atoms with Crippen LogP contribution in [0.1, 0.15) is 47.5 Å². The standard InChI is InChI=1S/C14H30N2O2/c1-7-16(8-2)12(3)11-14(4,5)15-13(17)9-10-18-6/h12H,7-11H2,1-6H3,(H,15,17). The van der Waals surface area contributed by atoms with Gasteiger partial charge in [0.25, 0.3) is 0 Å². The Morgan fingerprint density at radius 1 is 1.33 bits per heavy atom. The first-order valence-electron chi connectivity index (χ1n) is 6.90. The van der Waals surface area contributed by atoms with Crippen molar-refractivity contribution in [1.82, 2.24) is 10.2 Å². The minimum absolute atomic E-state index is 0.0635. The largest absolute Gasteiger partial charge is 0.384 e. The first-order chi connectivity index (χ1) is 8.36. The van der Waals surface area contributed by atoms with Crippen LogP contribution < -0.4 is 5.32 Å². The zero-order chi connectivity index (χ0) is 14.2. The van der Waals surface area contributed by atoms with Crippen molar-refractivity contribution in [3.05, 3.63) is 0 Å². The molecule has 0 heterocycles. The molecule has 108 valence electrons. The van der Waals surface area contributed by atoms with E-state index in [1.807, 2.05) is 0 Å². The lowest BCUT2D eigenvalue weighted by Gasteiger charge is -2.34. The third-order valence-corrected chi connectivity index (χ3v) is 3.25. The van der Waals surface area contributed by atoms with Gasteiger partial charge in [0.1, 0.15) is 0 Å². The highest BCUT2D eigenvalue weighted by atomic mass is 16.5. The summed E-state index contributed by atoms with van der Waals surface area (Å²) in [5.41, 5.74) is -0.174. The molecule has 1 atom stereocenters. The van der Waals surface area contributed by atoms with Gasteiger partial charge in [0.15, 0.2) is 0 Å². The number of methoxy groups -OCH3 is 1. The quantitative estimate of drug-likeness (QED) is 0.688. The van der Waals surface area contributed by atoms with E-state index in [0.717, 1.165) is 19.5 Å². The number of nitrogens with one attached hydrogen (secondary N) is 1. The van der Waals surface area contributed by atoms with Crippen LogP contribution in [0.2, 0.25) is 0 Å². The van der Waals surface area contributed by atoms with E-state index in [0.29, 0.717) is 19.1 Å². The molecule has 1 unspecified atom stereocenters. The Bertz CT molecular complexity index is 238. The summed E-state index contributed by atoms with van der Waals surface area (Å²) < 4.78 is 4.91. The molecule has 0 aliphatic carbocycles. The fourth-order valence-electron chi connectivity index (χ4n) is 2.40. The van der Waals surface area contributed by atoms with Gasteiger partial charge in [-0.2, -0.15) is 0 Å². The number of nitrogens with zero attached hydrogens (tertiary/aromatic N) is 1. The van der Waals surface area contributed by atoms with E-state index in [2.05, 4.69) is 44.8 Å². The molecule has 1 amide bonds. The minimum Gasteiger partial charge on any atom is -0.384 e. The summed E-state index contributed by atoms with van der Waals surface area (Å²) >= 11 is 0. The minimum atomic E-state index is -0.174. The van der Waals surface area contributed by atoms with Gasteiger partial charge in [0.05, 0.1) is 6.61 Å². The van der Waals surface area contributed by atoms with E-state index in [9.17, 15) is 4.79 Å². The molecule has 0 rings (SSSR count). The second-order valence-electron chi connectivity index (χ2n) is 5.45. The van der Waals surface area contributed by atoms with E-state index in [4.69, 9.17) is 4.74 Å². The van der Waals surface area contributed by atoms with Crippen molar-refractivity contribution in [2.24, 2.45) is 0 Å². The van der Waals surface area contributed by atoms with Crippen LogP contribution in [-0.4, -0.2) is 49.2 Å². The summed E-state index contributed by atoms with van der Waals surface area (Å²) in [4.78, 5) is 14.1. The van der Waals surface area contributed by atoms with Crippen molar-refractivity contribution >= 4 is 5.91 Å². The Morgan fingerprint density at radius 2 is 1.89 bits per heavy atom. The van der Waals surface area contributed by atoms with Crippen LogP contribution in [0.5, 0.6) is 0 Å². The molecule has 0 saturated heterocycles. The third-order valence-electron chi connectivity index (χ3n) is 3.25. The lowest BCUT2D eigenvalue weighted by atomic mass is 9.94. The van der Waals surface area contributed by atoms with Gasteiger partial charge in [-0.15, -0.1) is 0 Å². The summed E-state index contributed by atoms with van der Waals surface area (Å²) in [6.07, 6.45) is 1.38. The SMILES string of the molecule is CCN(CC)C(C)CC(C)(C)NC(=O)CCOC. The number of carbonyl (C=O) groups excluding carboxylic acids is 1. The summed E-state index contributed by atoms with van der Waals surface area (Å²) in [5, 5.41) is 3.08. The zero-order valence-corrected chi connectivity index (χ0v) is 12.9. The van der Waals surface area contributed by atoms with Gasteiger partial charge in [-0.1, -0.05) is 13.8 Å². The maximum absolute atomic E-state index is 11.7. The number of ether oxygens (including phenoxy) is 1. The molecular weight excluding hydrogens is 228 g/mol. The maximum atomic E-state index is 11.7. The van der Waals surface area contributed by atoms with Crippen LogP contribution in [0.3, 0.4) is 0 Å². The van der Waals surface area contributed by atoms with Gasteiger partial charge in [-0.3, -0.25) is 4.79 Å². The lowest BCUT2D eigenvalue weighted by molar-refractivity contribution is -0.123. The van der Waals surface area contributed by atoms with Crippen LogP contribution in [0, 0.1) is 0 Å². The highest BCUT2D eigenvalue weighted by Gasteiger charge is 2.25. The van der Waals surface area contributed by atoms with Gasteiger partial charge in [0, 0.05) is 25.1 Å². The van der Waals surface area contributed by atoms with Crippen LogP contribution in [0.4, 0.5) is 0 Å². The molecule has 0 spiro atoms. The second-order valence-corrected chi connectivity index (χ2v) is 5.45. The van der Waals surface area contributed by atoms with E-state index in [-0.39, 0.29) is 11.4 Å². The van der Waals surface area contributed by atoms with Gasteiger partial charge < -0.3 is 15.0 Å². The molecule has 4 nitrogen and oxygen atoms in total. The maximum Gasteiger partial charge on any atom is 0.222 e. The summed E-state index contributed by atoms with van der Waals surface area (Å²) in [5.74, 6) is 0.0635. The highest BCUT2D eigenvalue weighted by molar-refractivity contribution is 5.76. The van der Waals surface area contributed by atoms with Gasteiger partial charge in [-0.05, 0) is 40.3 Å². The number of amides is 1. The van der Waals surface area contributed by atoms with E-state index >= 15 is 0 Å². The summed E-state index contributed by atoms with van der Waals surface area (Å²) in [6.45, 7) is 13.3. The Hall–Kier alpha value is -0.610. The predicted molar refractivity (Wildman–Crippen MR) is 75.7 cm³/mol. The molecule has 0 radical (unpaired) electrons. The van der Waals surface area contributed by atoms with Crippen molar-refractivity contribution in [3.63, 3.8) is 0 Å². The average Bonchev–Trinajstić information content (AvgIpc) is 2.26. The first-order valence-corrected chi connectivity index (χ1v) is 6.90. The summed E-state index contributed by atoms with van der Waals surface area (Å²) in [7, 11) is 1.61. The molecule has 0 aliphatic rings. The van der Waals surface area contributed by atoms with Crippen LogP contribution in [0.25, 0.3) is 0 Å². The monoisotopic (exact) mass is 258 g/mol. The normalized spacial score (nSPS) is 13.7. The molecule has 0 aromatic rings. The highest BCUT2D eigenvalue weighted by Crippen LogP contribution is 2.15. The van der Waals surface area contributed by atoms with Crippen molar-refractivity contribution in [3.8, 4) is 0 Å². The Kier molecular flexibility index (Phi) is 8.20. The second kappa shape index (κ2) is 8.48.